The molecular weight excluding hydrogens is 407 g/mol. The minimum absolute atomic E-state index is 0.328. The molecule has 8 nitrogen and oxygen atoms in total. The van der Waals surface area contributed by atoms with E-state index in [-0.39, 0.29) is 5.91 Å². The molecule has 3 rings (SSSR count). The first kappa shape index (κ1) is 23.3. The lowest BCUT2D eigenvalue weighted by atomic mass is 9.94. The van der Waals surface area contributed by atoms with Crippen LogP contribution in [0.25, 0.3) is 10.9 Å². The molecule has 0 fully saturated rings. The molecule has 0 unspecified atom stereocenters. The highest BCUT2D eigenvalue weighted by Crippen LogP contribution is 2.34. The van der Waals surface area contributed by atoms with Gasteiger partial charge in [0, 0.05) is 24.4 Å². The third kappa shape index (κ3) is 6.59. The molecule has 0 aliphatic rings. The number of unbranched alkanes of at least 4 members (excludes halogenated alkanes) is 3. The van der Waals surface area contributed by atoms with Crippen molar-refractivity contribution in [3.63, 3.8) is 0 Å². The number of carbonyl (C=O) groups is 1. The molecule has 9 heteroatoms. The summed E-state index contributed by atoms with van der Waals surface area (Å²) in [6.45, 7) is 1.19. The van der Waals surface area contributed by atoms with Crippen molar-refractivity contribution in [3.8, 4) is 11.5 Å². The fourth-order valence-corrected chi connectivity index (χ4v) is 3.46. The highest BCUT2D eigenvalue weighted by molar-refractivity contribution is 6.32. The molecule has 0 atom stereocenters. The smallest absolute Gasteiger partial charge is 0.243 e. The molecule has 3 N–H and O–H groups in total. The predicted molar refractivity (Wildman–Crippen MR) is 127 cm³/mol. The molecular formula is C23H29BN4O4. The van der Waals surface area contributed by atoms with E-state index in [9.17, 15) is 4.79 Å². The van der Waals surface area contributed by atoms with Crippen molar-refractivity contribution in [1.82, 2.24) is 15.4 Å². The molecule has 0 radical (unpaired) electrons. The number of hydroxylamine groups is 1. The van der Waals surface area contributed by atoms with Crippen LogP contribution in [0.4, 0.5) is 5.82 Å². The molecule has 0 bridgehead atoms. The van der Waals surface area contributed by atoms with Crippen LogP contribution >= 0.6 is 0 Å². The Kier molecular flexibility index (Phi) is 8.68. The second-order valence-electron chi connectivity index (χ2n) is 7.63. The molecule has 168 valence electrons. The number of carbonyl (C=O) groups excluding carboxylic acids is 1. The summed E-state index contributed by atoms with van der Waals surface area (Å²) in [5, 5.41) is 12.8. The third-order valence-electron chi connectivity index (χ3n) is 5.14. The first-order chi connectivity index (χ1) is 15.6. The zero-order valence-electron chi connectivity index (χ0n) is 18.6. The van der Waals surface area contributed by atoms with E-state index in [2.05, 4.69) is 41.3 Å². The maximum Gasteiger partial charge on any atom is 0.243 e. The van der Waals surface area contributed by atoms with Gasteiger partial charge >= 0.3 is 0 Å². The van der Waals surface area contributed by atoms with Gasteiger partial charge in [-0.2, -0.15) is 0 Å². The van der Waals surface area contributed by atoms with Gasteiger partial charge < -0.3 is 14.8 Å². The van der Waals surface area contributed by atoms with E-state index in [1.165, 1.54) is 17.4 Å². The Balaban J connectivity index is 1.63. The Morgan fingerprint density at radius 2 is 1.94 bits per heavy atom. The van der Waals surface area contributed by atoms with Gasteiger partial charge in [-0.25, -0.2) is 15.4 Å². The molecule has 0 aliphatic carbocycles. The number of aromatic nitrogens is 2. The lowest BCUT2D eigenvalue weighted by Crippen LogP contribution is -2.17. The van der Waals surface area contributed by atoms with Crippen molar-refractivity contribution in [2.45, 2.75) is 38.6 Å². The van der Waals surface area contributed by atoms with Gasteiger partial charge in [-0.3, -0.25) is 10.0 Å². The summed E-state index contributed by atoms with van der Waals surface area (Å²) >= 11 is 0. The SMILES string of the molecule is Bc1cccc(CNc2ncnc3cc(OC)c(OCCCCCCC(=O)NO)cc23)c1. The Morgan fingerprint density at radius 1 is 1.09 bits per heavy atom. The molecule has 1 heterocycles. The van der Waals surface area contributed by atoms with E-state index < -0.39 is 0 Å². The van der Waals surface area contributed by atoms with Crippen molar-refractivity contribution in [3.05, 3.63) is 48.3 Å². The van der Waals surface area contributed by atoms with Crippen LogP contribution in [0.1, 0.15) is 37.7 Å². The van der Waals surface area contributed by atoms with Gasteiger partial charge in [-0.1, -0.05) is 42.6 Å². The Bertz CT molecular complexity index is 1050. The van der Waals surface area contributed by atoms with E-state index in [0.717, 1.165) is 42.4 Å². The number of amides is 1. The maximum absolute atomic E-state index is 11.0. The van der Waals surface area contributed by atoms with Crippen molar-refractivity contribution < 1.29 is 19.5 Å². The minimum Gasteiger partial charge on any atom is -0.493 e. The molecule has 0 saturated heterocycles. The van der Waals surface area contributed by atoms with Crippen LogP contribution in [-0.2, 0) is 11.3 Å². The first-order valence-corrected chi connectivity index (χ1v) is 10.8. The van der Waals surface area contributed by atoms with Gasteiger partial charge in [-0.05, 0) is 24.5 Å². The minimum atomic E-state index is -0.351. The summed E-state index contributed by atoms with van der Waals surface area (Å²) in [7, 11) is 3.68. The van der Waals surface area contributed by atoms with Crippen LogP contribution < -0.4 is 25.7 Å². The quantitative estimate of drug-likeness (QED) is 0.173. The molecule has 1 amide bonds. The summed E-state index contributed by atoms with van der Waals surface area (Å²) in [5.41, 5.74) is 4.82. The highest BCUT2D eigenvalue weighted by Gasteiger charge is 2.12. The Morgan fingerprint density at radius 3 is 2.72 bits per heavy atom. The highest BCUT2D eigenvalue weighted by atomic mass is 16.5. The number of anilines is 1. The average molecular weight is 436 g/mol. The number of nitrogens with zero attached hydrogens (tertiary/aromatic N) is 2. The monoisotopic (exact) mass is 436 g/mol. The first-order valence-electron chi connectivity index (χ1n) is 10.8. The van der Waals surface area contributed by atoms with Crippen molar-refractivity contribution >= 4 is 35.9 Å². The van der Waals surface area contributed by atoms with Crippen molar-refractivity contribution in [2.24, 2.45) is 0 Å². The normalized spacial score (nSPS) is 10.7. The number of benzene rings is 2. The number of ether oxygens (including phenoxy) is 2. The van der Waals surface area contributed by atoms with Gasteiger partial charge in [0.2, 0.25) is 5.91 Å². The zero-order chi connectivity index (χ0) is 22.8. The van der Waals surface area contributed by atoms with E-state index >= 15 is 0 Å². The largest absolute Gasteiger partial charge is 0.493 e. The van der Waals surface area contributed by atoms with Crippen LogP contribution in [0.5, 0.6) is 11.5 Å². The van der Waals surface area contributed by atoms with Crippen molar-refractivity contribution in [2.75, 3.05) is 19.0 Å². The topological polar surface area (TPSA) is 106 Å². The van der Waals surface area contributed by atoms with Gasteiger partial charge in [0.05, 0.1) is 19.2 Å². The summed E-state index contributed by atoms with van der Waals surface area (Å²) in [5.74, 6) is 1.66. The fourth-order valence-electron chi connectivity index (χ4n) is 3.46. The molecule has 1 aromatic heterocycles. The Hall–Kier alpha value is -3.33. The maximum atomic E-state index is 11.0. The number of methoxy groups -OCH3 is 1. The predicted octanol–water partition coefficient (Wildman–Crippen LogP) is 2.34. The average Bonchev–Trinajstić information content (AvgIpc) is 2.81. The molecule has 32 heavy (non-hydrogen) atoms. The molecule has 2 aromatic carbocycles. The number of nitrogens with one attached hydrogen (secondary N) is 2. The van der Waals surface area contributed by atoms with E-state index in [1.807, 2.05) is 18.2 Å². The lowest BCUT2D eigenvalue weighted by Gasteiger charge is -2.14. The molecule has 3 aromatic rings. The van der Waals surface area contributed by atoms with Gasteiger partial charge in [-0.15, -0.1) is 0 Å². The second-order valence-corrected chi connectivity index (χ2v) is 7.63. The van der Waals surface area contributed by atoms with Crippen LogP contribution in [0.2, 0.25) is 0 Å². The Labute approximate surface area is 188 Å². The molecule has 0 aliphatic heterocycles. The van der Waals surface area contributed by atoms with Crippen LogP contribution in [0.15, 0.2) is 42.7 Å². The standard InChI is InChI=1S/C23H29BN4O4/c1-31-20-13-19-18(12-21(20)32-10-5-3-2-4-9-22(29)28-30)23(27-15-26-19)25-14-16-7-6-8-17(24)11-16/h6-8,11-13,15,30H,2-5,9-10,14,24H2,1H3,(H,28,29)(H,25,26,27). The van der Waals surface area contributed by atoms with E-state index in [1.54, 1.807) is 12.6 Å². The van der Waals surface area contributed by atoms with Crippen LogP contribution in [0.3, 0.4) is 0 Å². The summed E-state index contributed by atoms with van der Waals surface area (Å²) in [4.78, 5) is 19.8. The van der Waals surface area contributed by atoms with Gasteiger partial charge in [0.15, 0.2) is 11.5 Å². The summed E-state index contributed by atoms with van der Waals surface area (Å²) in [6.07, 6.45) is 5.28. The number of rotatable bonds is 12. The second kappa shape index (κ2) is 11.9. The van der Waals surface area contributed by atoms with Crippen molar-refractivity contribution in [1.29, 1.82) is 0 Å². The van der Waals surface area contributed by atoms with Gasteiger partial charge in [0.25, 0.3) is 0 Å². The van der Waals surface area contributed by atoms with Crippen LogP contribution in [0, 0.1) is 0 Å². The third-order valence-corrected chi connectivity index (χ3v) is 5.14. The number of hydrogen-bond acceptors (Lipinski definition) is 7. The van der Waals surface area contributed by atoms with E-state index in [4.69, 9.17) is 14.7 Å². The fraction of sp³-hybridized carbons (Fsp3) is 0.348. The number of fused-ring (bicyclic) bond motifs is 1. The number of hydrogen-bond donors (Lipinski definition) is 3. The lowest BCUT2D eigenvalue weighted by molar-refractivity contribution is -0.129. The van der Waals surface area contributed by atoms with Gasteiger partial charge in [0.1, 0.15) is 20.0 Å². The van der Waals surface area contributed by atoms with Crippen LogP contribution in [-0.4, -0.2) is 42.6 Å². The molecule has 0 spiro atoms. The summed E-state index contributed by atoms with van der Waals surface area (Å²) < 4.78 is 11.5. The molecule has 0 saturated carbocycles. The summed E-state index contributed by atoms with van der Waals surface area (Å²) in [6, 6.07) is 12.1. The van der Waals surface area contributed by atoms with E-state index in [0.29, 0.717) is 31.1 Å². The zero-order valence-corrected chi connectivity index (χ0v) is 18.6.